The van der Waals surface area contributed by atoms with E-state index >= 15 is 0 Å². The Bertz CT molecular complexity index is 860. The summed E-state index contributed by atoms with van der Waals surface area (Å²) in [4.78, 5) is 0. The van der Waals surface area contributed by atoms with Crippen molar-refractivity contribution in [2.45, 2.75) is 96.5 Å². The highest BCUT2D eigenvalue weighted by Gasteiger charge is 2.51. The lowest BCUT2D eigenvalue weighted by atomic mass is 9.54. The number of phenols is 1. The Hall–Kier alpha value is -1.44. The van der Waals surface area contributed by atoms with Crippen LogP contribution in [-0.4, -0.2) is 10.7 Å². The van der Waals surface area contributed by atoms with Gasteiger partial charge in [0.05, 0.1) is 0 Å². The average Bonchev–Trinajstić information content (AvgIpc) is 2.60. The number of aromatic hydroxyl groups is 1. The number of hydrogen-bond acceptors (Lipinski definition) is 2. The Balaban J connectivity index is 1.75. The van der Waals surface area contributed by atoms with Gasteiger partial charge in [0.25, 0.3) is 0 Å². The first-order valence-corrected chi connectivity index (χ1v) is 11.4. The quantitative estimate of drug-likeness (QED) is 0.501. The molecule has 2 heteroatoms. The normalized spacial score (nSPS) is 37.1. The number of allylic oxidation sites excluding steroid dienone is 2. The van der Waals surface area contributed by atoms with Crippen molar-refractivity contribution in [3.63, 3.8) is 0 Å². The molecule has 1 aromatic rings. The maximum absolute atomic E-state index is 11.7. The molecule has 152 valence electrons. The van der Waals surface area contributed by atoms with Gasteiger partial charge in [-0.05, 0) is 87.7 Å². The molecule has 1 aromatic carbocycles. The van der Waals surface area contributed by atoms with E-state index in [9.17, 15) is 5.11 Å². The lowest BCUT2D eigenvalue weighted by Gasteiger charge is -2.52. The number of ether oxygens (including phenoxy) is 1. The Morgan fingerprint density at radius 3 is 2.57 bits per heavy atom. The zero-order chi connectivity index (χ0) is 20.0. The molecule has 0 saturated heterocycles. The lowest BCUT2D eigenvalue weighted by Crippen LogP contribution is -2.46. The van der Waals surface area contributed by atoms with Gasteiger partial charge in [-0.3, -0.25) is 0 Å². The lowest BCUT2D eigenvalue weighted by molar-refractivity contribution is 0.00683. The largest absolute Gasteiger partial charge is 0.507 e. The van der Waals surface area contributed by atoms with Crippen molar-refractivity contribution in [3.8, 4) is 11.5 Å². The van der Waals surface area contributed by atoms with Gasteiger partial charge < -0.3 is 9.84 Å². The summed E-state index contributed by atoms with van der Waals surface area (Å²) in [6.45, 7) is 13.9. The van der Waals surface area contributed by atoms with Crippen LogP contribution in [0.3, 0.4) is 0 Å². The molecule has 0 amide bonds. The van der Waals surface area contributed by atoms with Crippen LogP contribution in [0.15, 0.2) is 17.7 Å². The van der Waals surface area contributed by atoms with Crippen molar-refractivity contribution in [2.75, 3.05) is 0 Å². The fourth-order valence-corrected chi connectivity index (χ4v) is 7.12. The van der Waals surface area contributed by atoms with Gasteiger partial charge in [0, 0.05) is 23.0 Å². The van der Waals surface area contributed by atoms with Crippen LogP contribution < -0.4 is 4.74 Å². The monoisotopic (exact) mass is 380 g/mol. The van der Waals surface area contributed by atoms with E-state index in [2.05, 4.69) is 53.7 Å². The number of rotatable bonds is 0. The molecular formula is C26H36O2. The first-order chi connectivity index (χ1) is 13.1. The molecule has 1 fully saturated rings. The molecule has 1 saturated carbocycles. The van der Waals surface area contributed by atoms with Crippen LogP contribution >= 0.6 is 0 Å². The zero-order valence-corrected chi connectivity index (χ0v) is 18.4. The first-order valence-electron chi connectivity index (χ1n) is 11.4. The van der Waals surface area contributed by atoms with E-state index in [4.69, 9.17) is 4.74 Å². The molecule has 1 aliphatic heterocycles. The molecule has 3 aliphatic carbocycles. The Kier molecular flexibility index (Phi) is 3.85. The number of hydrogen-bond donors (Lipinski definition) is 1. The predicted molar refractivity (Wildman–Crippen MR) is 114 cm³/mol. The number of fused-ring (bicyclic) bond motifs is 7. The number of phenolic OH excluding ortho intramolecular Hbond substituents is 1. The van der Waals surface area contributed by atoms with Gasteiger partial charge in [-0.2, -0.15) is 0 Å². The summed E-state index contributed by atoms with van der Waals surface area (Å²) in [5.74, 6) is 4.20. The maximum atomic E-state index is 11.7. The minimum atomic E-state index is -0.197. The van der Waals surface area contributed by atoms with E-state index in [0.29, 0.717) is 35.3 Å². The molecule has 5 rings (SSSR count). The van der Waals surface area contributed by atoms with Crippen molar-refractivity contribution < 1.29 is 9.84 Å². The van der Waals surface area contributed by atoms with E-state index < -0.39 is 0 Å². The molecule has 2 nitrogen and oxygen atoms in total. The third-order valence-corrected chi connectivity index (χ3v) is 9.01. The molecule has 0 aromatic heterocycles. The second-order valence-electron chi connectivity index (χ2n) is 11.3. The smallest absolute Gasteiger partial charge is 0.127 e. The van der Waals surface area contributed by atoms with Crippen LogP contribution in [0, 0.1) is 17.8 Å². The molecule has 0 radical (unpaired) electrons. The Morgan fingerprint density at radius 1 is 1.07 bits per heavy atom. The molecule has 0 spiro atoms. The highest BCUT2D eigenvalue weighted by molar-refractivity contribution is 5.61. The molecule has 5 atom stereocenters. The van der Waals surface area contributed by atoms with E-state index in [-0.39, 0.29) is 11.0 Å². The molecule has 3 unspecified atom stereocenters. The minimum Gasteiger partial charge on any atom is -0.507 e. The summed E-state index contributed by atoms with van der Waals surface area (Å²) in [5, 5.41) is 11.7. The van der Waals surface area contributed by atoms with Gasteiger partial charge in [0.1, 0.15) is 17.1 Å². The van der Waals surface area contributed by atoms with Crippen molar-refractivity contribution in [3.05, 3.63) is 34.4 Å². The Labute approximate surface area is 170 Å². The average molecular weight is 381 g/mol. The topological polar surface area (TPSA) is 29.5 Å². The molecular weight excluding hydrogens is 344 g/mol. The van der Waals surface area contributed by atoms with Gasteiger partial charge >= 0.3 is 0 Å². The standard InChI is InChI=1S/C26H36O2/c1-14-7-10-19-18(11-14)23-21(28-26(19,5)6)13-20-22(24(23)27)17-12-16(25(20,3)4)9-8-15(17)2/h7,13,15-19,27H,8-12H2,1-6H3/t15?,16?,17?,18-,19-/m1/s1. The van der Waals surface area contributed by atoms with Crippen molar-refractivity contribution in [1.29, 1.82) is 0 Å². The summed E-state index contributed by atoms with van der Waals surface area (Å²) in [7, 11) is 0. The highest BCUT2D eigenvalue weighted by Crippen LogP contribution is 2.62. The van der Waals surface area contributed by atoms with Gasteiger partial charge in [0.2, 0.25) is 0 Å². The fourth-order valence-electron chi connectivity index (χ4n) is 7.12. The highest BCUT2D eigenvalue weighted by atomic mass is 16.5. The predicted octanol–water partition coefficient (Wildman–Crippen LogP) is 6.81. The fraction of sp³-hybridized carbons (Fsp3) is 0.692. The second-order valence-corrected chi connectivity index (χ2v) is 11.3. The molecule has 1 heterocycles. The van der Waals surface area contributed by atoms with Crippen molar-refractivity contribution >= 4 is 0 Å². The summed E-state index contributed by atoms with van der Waals surface area (Å²) >= 11 is 0. The van der Waals surface area contributed by atoms with Crippen LogP contribution in [0.5, 0.6) is 11.5 Å². The van der Waals surface area contributed by atoms with Crippen LogP contribution in [0.1, 0.15) is 102 Å². The van der Waals surface area contributed by atoms with E-state index in [1.165, 1.54) is 36.0 Å². The second kappa shape index (κ2) is 5.80. The van der Waals surface area contributed by atoms with Crippen LogP contribution in [0.25, 0.3) is 0 Å². The van der Waals surface area contributed by atoms with Crippen LogP contribution in [0.2, 0.25) is 0 Å². The minimum absolute atomic E-state index is 0.102. The number of benzene rings is 1. The van der Waals surface area contributed by atoms with E-state index in [1.807, 2.05) is 0 Å². The third-order valence-electron chi connectivity index (χ3n) is 9.01. The van der Waals surface area contributed by atoms with Gasteiger partial charge in [0.15, 0.2) is 0 Å². The Morgan fingerprint density at radius 2 is 1.82 bits per heavy atom. The zero-order valence-electron chi connectivity index (χ0n) is 18.4. The summed E-state index contributed by atoms with van der Waals surface area (Å²) in [5.41, 5.74) is 5.09. The van der Waals surface area contributed by atoms with Gasteiger partial charge in [-0.15, -0.1) is 0 Å². The van der Waals surface area contributed by atoms with E-state index in [0.717, 1.165) is 24.2 Å². The van der Waals surface area contributed by atoms with Crippen molar-refractivity contribution in [1.82, 2.24) is 0 Å². The van der Waals surface area contributed by atoms with Crippen LogP contribution in [-0.2, 0) is 5.41 Å². The summed E-state index contributed by atoms with van der Waals surface area (Å²) in [6.07, 6.45) is 8.29. The first kappa shape index (κ1) is 18.6. The molecule has 1 N–H and O–H groups in total. The summed E-state index contributed by atoms with van der Waals surface area (Å²) < 4.78 is 6.62. The molecule has 4 aliphatic rings. The van der Waals surface area contributed by atoms with Crippen molar-refractivity contribution in [2.24, 2.45) is 17.8 Å². The van der Waals surface area contributed by atoms with Crippen LogP contribution in [0.4, 0.5) is 0 Å². The van der Waals surface area contributed by atoms with Gasteiger partial charge in [-0.1, -0.05) is 32.4 Å². The van der Waals surface area contributed by atoms with E-state index in [1.54, 1.807) is 0 Å². The maximum Gasteiger partial charge on any atom is 0.127 e. The summed E-state index contributed by atoms with van der Waals surface area (Å²) in [6, 6.07) is 2.34. The van der Waals surface area contributed by atoms with Gasteiger partial charge in [-0.25, -0.2) is 0 Å². The molecule has 28 heavy (non-hydrogen) atoms. The molecule has 2 bridgehead atoms. The third kappa shape index (κ3) is 2.39. The SMILES string of the molecule is CC1=CC[C@@H]2[C@@H](C1)c1c(cc3c(c1O)C1CC(CCC1C)C3(C)C)OC2(C)C.